The van der Waals surface area contributed by atoms with Crippen LogP contribution in [0.25, 0.3) is 0 Å². The van der Waals surface area contributed by atoms with Gasteiger partial charge in [0.2, 0.25) is 0 Å². The molecule has 3 heteroatoms. The first-order valence-corrected chi connectivity index (χ1v) is 7.57. The van der Waals surface area contributed by atoms with Gasteiger partial charge in [-0.15, -0.1) is 11.3 Å². The molecule has 0 radical (unpaired) electrons. The lowest BCUT2D eigenvalue weighted by Crippen LogP contribution is -2.26. The molecule has 2 rings (SSSR count). The number of aryl methyl sites for hydroxylation is 1. The zero-order valence-corrected chi connectivity index (χ0v) is 11.9. The molecule has 1 aliphatic rings. The second kappa shape index (κ2) is 6.53. The summed E-state index contributed by atoms with van der Waals surface area (Å²) >= 11 is 1.94. The van der Waals surface area contributed by atoms with Crippen molar-refractivity contribution in [2.45, 2.75) is 31.6 Å². The van der Waals surface area contributed by atoms with E-state index in [9.17, 15) is 0 Å². The number of hydrogen-bond donors (Lipinski definition) is 1. The molecule has 0 spiro atoms. The largest absolute Gasteiger partial charge is 0.316 e. The Balaban J connectivity index is 1.71. The quantitative estimate of drug-likeness (QED) is 0.783. The first-order chi connectivity index (χ1) is 8.27. The van der Waals surface area contributed by atoms with Crippen molar-refractivity contribution in [3.05, 3.63) is 21.9 Å². The van der Waals surface area contributed by atoms with Crippen LogP contribution in [0.2, 0.25) is 0 Å². The molecule has 1 atom stereocenters. The third-order valence-electron chi connectivity index (χ3n) is 3.53. The fraction of sp³-hybridized carbons (Fsp3) is 0.714. The minimum absolute atomic E-state index is 0.768. The van der Waals surface area contributed by atoms with E-state index in [1.807, 2.05) is 11.3 Å². The van der Waals surface area contributed by atoms with Crippen LogP contribution in [0.5, 0.6) is 0 Å². The topological polar surface area (TPSA) is 15.3 Å². The summed E-state index contributed by atoms with van der Waals surface area (Å²) in [7, 11) is 4.28. The molecule has 0 saturated heterocycles. The maximum Gasteiger partial charge on any atom is 0.00805 e. The van der Waals surface area contributed by atoms with Gasteiger partial charge in [-0.1, -0.05) is 0 Å². The average molecular weight is 252 g/mol. The molecule has 0 fully saturated rings. The molecule has 96 valence electrons. The first kappa shape index (κ1) is 13.1. The van der Waals surface area contributed by atoms with Crippen LogP contribution in [0.4, 0.5) is 0 Å². The molecule has 0 amide bonds. The summed E-state index contributed by atoms with van der Waals surface area (Å²) in [4.78, 5) is 3.88. The molecular weight excluding hydrogens is 228 g/mol. The highest BCUT2D eigenvalue weighted by Gasteiger charge is 2.20. The second-order valence-electron chi connectivity index (χ2n) is 5.25. The predicted molar refractivity (Wildman–Crippen MR) is 76.0 cm³/mol. The summed E-state index contributed by atoms with van der Waals surface area (Å²) in [6, 6.07) is 2.34. The van der Waals surface area contributed by atoms with Crippen molar-refractivity contribution >= 4 is 11.3 Å². The van der Waals surface area contributed by atoms with Crippen molar-refractivity contribution in [2.24, 2.45) is 0 Å². The third-order valence-corrected chi connectivity index (χ3v) is 4.52. The normalized spacial score (nSPS) is 19.6. The standard InChI is InChI=1S/C14H24N2S/c1-16(2)9-4-8-15-11-12-5-3-6-14-13(12)7-10-17-14/h7,10,12,15H,3-6,8-9,11H2,1-2H3. The van der Waals surface area contributed by atoms with Crippen LogP contribution in [-0.4, -0.2) is 38.6 Å². The van der Waals surface area contributed by atoms with E-state index in [1.54, 1.807) is 10.4 Å². The van der Waals surface area contributed by atoms with Crippen molar-refractivity contribution < 1.29 is 0 Å². The maximum atomic E-state index is 3.62. The monoisotopic (exact) mass is 252 g/mol. The molecule has 1 aromatic heterocycles. The fourth-order valence-corrected chi connectivity index (χ4v) is 3.60. The fourth-order valence-electron chi connectivity index (χ4n) is 2.59. The highest BCUT2D eigenvalue weighted by Crippen LogP contribution is 2.34. The molecule has 0 bridgehead atoms. The van der Waals surface area contributed by atoms with Crippen molar-refractivity contribution in [2.75, 3.05) is 33.7 Å². The van der Waals surface area contributed by atoms with Crippen LogP contribution in [0, 0.1) is 0 Å². The summed E-state index contributed by atoms with van der Waals surface area (Å²) in [5.41, 5.74) is 1.63. The number of nitrogens with one attached hydrogen (secondary N) is 1. The SMILES string of the molecule is CN(C)CCCNCC1CCCc2sccc21. The maximum absolute atomic E-state index is 3.62. The van der Waals surface area contributed by atoms with Crippen molar-refractivity contribution in [3.8, 4) is 0 Å². The summed E-state index contributed by atoms with van der Waals surface area (Å²) in [6.45, 7) is 3.49. The van der Waals surface area contributed by atoms with Gasteiger partial charge in [0.25, 0.3) is 0 Å². The van der Waals surface area contributed by atoms with Gasteiger partial charge >= 0.3 is 0 Å². The van der Waals surface area contributed by atoms with Crippen LogP contribution < -0.4 is 5.32 Å². The minimum Gasteiger partial charge on any atom is -0.316 e. The van der Waals surface area contributed by atoms with Gasteiger partial charge in [-0.3, -0.25) is 0 Å². The molecule has 0 saturated carbocycles. The zero-order chi connectivity index (χ0) is 12.1. The van der Waals surface area contributed by atoms with Crippen LogP contribution in [0.3, 0.4) is 0 Å². The molecule has 0 aromatic carbocycles. The Morgan fingerprint density at radius 2 is 2.35 bits per heavy atom. The summed E-state index contributed by atoms with van der Waals surface area (Å²) in [5.74, 6) is 0.768. The molecule has 1 aliphatic carbocycles. The van der Waals surface area contributed by atoms with Gasteiger partial charge in [0, 0.05) is 11.4 Å². The lowest BCUT2D eigenvalue weighted by Gasteiger charge is -2.23. The van der Waals surface area contributed by atoms with Crippen LogP contribution in [-0.2, 0) is 6.42 Å². The Kier molecular flexibility index (Phi) is 5.01. The van der Waals surface area contributed by atoms with Crippen LogP contribution in [0.15, 0.2) is 11.4 Å². The van der Waals surface area contributed by atoms with Crippen LogP contribution >= 0.6 is 11.3 Å². The number of fused-ring (bicyclic) bond motifs is 1. The summed E-state index contributed by atoms with van der Waals surface area (Å²) in [5, 5.41) is 5.88. The number of hydrogen-bond acceptors (Lipinski definition) is 3. The zero-order valence-electron chi connectivity index (χ0n) is 11.0. The average Bonchev–Trinajstić information content (AvgIpc) is 2.77. The molecule has 1 N–H and O–H groups in total. The second-order valence-corrected chi connectivity index (χ2v) is 6.25. The van der Waals surface area contributed by atoms with Gasteiger partial charge in [-0.05, 0) is 75.8 Å². The molecule has 1 unspecified atom stereocenters. The highest BCUT2D eigenvalue weighted by atomic mass is 32.1. The van der Waals surface area contributed by atoms with Crippen molar-refractivity contribution in [3.63, 3.8) is 0 Å². The third kappa shape index (κ3) is 3.80. The number of thiophene rings is 1. The Morgan fingerprint density at radius 3 is 3.18 bits per heavy atom. The molecule has 2 nitrogen and oxygen atoms in total. The minimum atomic E-state index is 0.768. The van der Waals surface area contributed by atoms with E-state index in [1.165, 1.54) is 32.2 Å². The highest BCUT2D eigenvalue weighted by molar-refractivity contribution is 7.10. The molecule has 0 aliphatic heterocycles. The van der Waals surface area contributed by atoms with Crippen molar-refractivity contribution in [1.29, 1.82) is 0 Å². The van der Waals surface area contributed by atoms with E-state index in [0.717, 1.165) is 19.0 Å². The lowest BCUT2D eigenvalue weighted by molar-refractivity contribution is 0.391. The van der Waals surface area contributed by atoms with Gasteiger partial charge in [0.15, 0.2) is 0 Å². The van der Waals surface area contributed by atoms with Gasteiger partial charge in [0.05, 0.1) is 0 Å². The molecule has 1 heterocycles. The summed E-state index contributed by atoms with van der Waals surface area (Å²) in [6.07, 6.45) is 5.29. The molecule has 1 aromatic rings. The Labute approximate surface area is 109 Å². The predicted octanol–water partition coefficient (Wildman–Crippen LogP) is 2.71. The number of rotatable bonds is 6. The van der Waals surface area contributed by atoms with Gasteiger partial charge in [0.1, 0.15) is 0 Å². The Hall–Kier alpha value is -0.380. The lowest BCUT2D eigenvalue weighted by atomic mass is 9.88. The van der Waals surface area contributed by atoms with E-state index in [-0.39, 0.29) is 0 Å². The summed E-state index contributed by atoms with van der Waals surface area (Å²) < 4.78 is 0. The van der Waals surface area contributed by atoms with E-state index in [4.69, 9.17) is 0 Å². The van der Waals surface area contributed by atoms with Gasteiger partial charge < -0.3 is 10.2 Å². The Bertz CT molecular complexity index is 333. The van der Waals surface area contributed by atoms with E-state index >= 15 is 0 Å². The van der Waals surface area contributed by atoms with Crippen LogP contribution in [0.1, 0.15) is 35.6 Å². The van der Waals surface area contributed by atoms with E-state index < -0.39 is 0 Å². The molecule has 17 heavy (non-hydrogen) atoms. The van der Waals surface area contributed by atoms with Crippen molar-refractivity contribution in [1.82, 2.24) is 10.2 Å². The Morgan fingerprint density at radius 1 is 1.47 bits per heavy atom. The smallest absolute Gasteiger partial charge is 0.00805 e. The van der Waals surface area contributed by atoms with Gasteiger partial charge in [-0.25, -0.2) is 0 Å². The number of nitrogens with zero attached hydrogens (tertiary/aromatic N) is 1. The van der Waals surface area contributed by atoms with Gasteiger partial charge in [-0.2, -0.15) is 0 Å². The molecular formula is C14H24N2S. The van der Waals surface area contributed by atoms with E-state index in [0.29, 0.717) is 0 Å². The van der Waals surface area contributed by atoms with E-state index in [2.05, 4.69) is 35.8 Å². The first-order valence-electron chi connectivity index (χ1n) is 6.69.